The third-order valence-corrected chi connectivity index (χ3v) is 4.23. The first-order valence-electron chi connectivity index (χ1n) is 6.54. The summed E-state index contributed by atoms with van der Waals surface area (Å²) in [6, 6.07) is 4.36. The van der Waals surface area contributed by atoms with Crippen molar-refractivity contribution in [3.05, 3.63) is 23.1 Å². The SMILES string of the molecule is Cl.Cl.Clc1ccc([C@@H](C2CCC2)N2CCNCC2)o1. The second-order valence-electron chi connectivity index (χ2n) is 5.06. The third kappa shape index (κ3) is 3.79. The molecule has 2 heterocycles. The van der Waals surface area contributed by atoms with Crippen LogP contribution in [0, 0.1) is 5.92 Å². The van der Waals surface area contributed by atoms with Crippen LogP contribution in [0.1, 0.15) is 31.1 Å². The molecular formula is C13H21Cl3N2O. The first-order valence-corrected chi connectivity index (χ1v) is 6.92. The standard InChI is InChI=1S/C13H19ClN2O.2ClH/c14-12-5-4-11(17-12)13(10-2-1-3-10)16-8-6-15-7-9-16;;/h4-5,10,13,15H,1-3,6-9H2;2*1H/t13-;;/m1../s1. The van der Waals surface area contributed by atoms with Crippen LogP contribution in [0.4, 0.5) is 0 Å². The molecule has 0 amide bonds. The molecular weight excluding hydrogens is 307 g/mol. The van der Waals surface area contributed by atoms with Crippen LogP contribution in [0.15, 0.2) is 16.5 Å². The molecule has 1 aliphatic heterocycles. The van der Waals surface area contributed by atoms with Crippen molar-refractivity contribution in [2.75, 3.05) is 26.2 Å². The lowest BCUT2D eigenvalue weighted by Gasteiger charge is -2.41. The van der Waals surface area contributed by atoms with E-state index in [9.17, 15) is 0 Å². The quantitative estimate of drug-likeness (QED) is 0.920. The van der Waals surface area contributed by atoms with Gasteiger partial charge in [-0.1, -0.05) is 6.42 Å². The molecule has 0 bridgehead atoms. The molecule has 6 heteroatoms. The number of nitrogens with zero attached hydrogens (tertiary/aromatic N) is 1. The van der Waals surface area contributed by atoms with Gasteiger partial charge in [-0.15, -0.1) is 24.8 Å². The smallest absolute Gasteiger partial charge is 0.193 e. The molecule has 3 nitrogen and oxygen atoms in total. The van der Waals surface area contributed by atoms with Gasteiger partial charge >= 0.3 is 0 Å². The summed E-state index contributed by atoms with van der Waals surface area (Å²) >= 11 is 5.91. The normalized spacial score (nSPS) is 21.9. The van der Waals surface area contributed by atoms with Crippen molar-refractivity contribution in [1.29, 1.82) is 0 Å². The molecule has 1 aromatic rings. The molecule has 1 atom stereocenters. The first-order chi connectivity index (χ1) is 8.34. The fraction of sp³-hybridized carbons (Fsp3) is 0.692. The van der Waals surface area contributed by atoms with Crippen molar-refractivity contribution in [3.8, 4) is 0 Å². The monoisotopic (exact) mass is 326 g/mol. The molecule has 2 fully saturated rings. The van der Waals surface area contributed by atoms with E-state index >= 15 is 0 Å². The number of furan rings is 1. The second-order valence-corrected chi connectivity index (χ2v) is 5.44. The minimum absolute atomic E-state index is 0. The minimum atomic E-state index is 0. The fourth-order valence-corrected chi connectivity index (χ4v) is 3.07. The maximum absolute atomic E-state index is 5.91. The highest BCUT2D eigenvalue weighted by molar-refractivity contribution is 6.28. The molecule has 0 aromatic carbocycles. The van der Waals surface area contributed by atoms with Crippen molar-refractivity contribution in [2.24, 2.45) is 5.92 Å². The molecule has 110 valence electrons. The van der Waals surface area contributed by atoms with E-state index in [2.05, 4.69) is 10.2 Å². The highest BCUT2D eigenvalue weighted by Crippen LogP contribution is 2.42. The van der Waals surface area contributed by atoms with E-state index in [1.165, 1.54) is 19.3 Å². The van der Waals surface area contributed by atoms with E-state index in [0.29, 0.717) is 11.3 Å². The zero-order valence-electron chi connectivity index (χ0n) is 10.8. The summed E-state index contributed by atoms with van der Waals surface area (Å²) in [5.74, 6) is 1.82. The first kappa shape index (κ1) is 17.1. The number of nitrogens with one attached hydrogen (secondary N) is 1. The molecule has 0 spiro atoms. The lowest BCUT2D eigenvalue weighted by molar-refractivity contribution is 0.0686. The average molecular weight is 328 g/mol. The largest absolute Gasteiger partial charge is 0.448 e. The van der Waals surface area contributed by atoms with E-state index in [1.807, 2.05) is 12.1 Å². The van der Waals surface area contributed by atoms with Crippen LogP contribution in [-0.4, -0.2) is 31.1 Å². The molecule has 1 aliphatic carbocycles. The Kier molecular flexibility index (Phi) is 6.98. The molecule has 1 N–H and O–H groups in total. The summed E-state index contributed by atoms with van der Waals surface area (Å²) < 4.78 is 5.66. The van der Waals surface area contributed by atoms with Crippen LogP contribution in [0.2, 0.25) is 5.22 Å². The van der Waals surface area contributed by atoms with Crippen molar-refractivity contribution in [3.63, 3.8) is 0 Å². The van der Waals surface area contributed by atoms with Crippen molar-refractivity contribution >= 4 is 36.4 Å². The van der Waals surface area contributed by atoms with Gasteiger partial charge in [0.05, 0.1) is 6.04 Å². The Morgan fingerprint density at radius 3 is 2.37 bits per heavy atom. The van der Waals surface area contributed by atoms with E-state index in [0.717, 1.165) is 37.9 Å². The Balaban J connectivity index is 0.000000902. The van der Waals surface area contributed by atoms with Crippen LogP contribution >= 0.6 is 36.4 Å². The summed E-state index contributed by atoms with van der Waals surface area (Å²) in [5, 5.41) is 3.92. The van der Waals surface area contributed by atoms with Gasteiger partial charge in [-0.2, -0.15) is 0 Å². The van der Waals surface area contributed by atoms with Crippen LogP contribution in [0.5, 0.6) is 0 Å². The van der Waals surface area contributed by atoms with Gasteiger partial charge in [0.1, 0.15) is 5.76 Å². The van der Waals surface area contributed by atoms with E-state index < -0.39 is 0 Å². The van der Waals surface area contributed by atoms with Crippen LogP contribution in [0.3, 0.4) is 0 Å². The van der Waals surface area contributed by atoms with Gasteiger partial charge in [-0.3, -0.25) is 4.90 Å². The van der Waals surface area contributed by atoms with E-state index in [1.54, 1.807) is 0 Å². The summed E-state index contributed by atoms with van der Waals surface area (Å²) in [4.78, 5) is 2.55. The molecule has 1 saturated carbocycles. The molecule has 1 aromatic heterocycles. The number of halogens is 3. The van der Waals surface area contributed by atoms with Crippen molar-refractivity contribution in [2.45, 2.75) is 25.3 Å². The molecule has 0 unspecified atom stereocenters. The number of hydrogen-bond acceptors (Lipinski definition) is 3. The Morgan fingerprint density at radius 1 is 1.21 bits per heavy atom. The predicted octanol–water partition coefficient (Wildman–Crippen LogP) is 3.52. The number of piperazine rings is 1. The summed E-state index contributed by atoms with van der Waals surface area (Å²) in [5.41, 5.74) is 0. The molecule has 3 rings (SSSR count). The van der Waals surface area contributed by atoms with Crippen LogP contribution in [0.25, 0.3) is 0 Å². The number of rotatable bonds is 3. The Morgan fingerprint density at radius 2 is 1.89 bits per heavy atom. The highest BCUT2D eigenvalue weighted by atomic mass is 35.5. The maximum Gasteiger partial charge on any atom is 0.193 e. The van der Waals surface area contributed by atoms with Gasteiger partial charge in [0.15, 0.2) is 5.22 Å². The van der Waals surface area contributed by atoms with Gasteiger partial charge in [0.2, 0.25) is 0 Å². The van der Waals surface area contributed by atoms with Gasteiger partial charge in [-0.25, -0.2) is 0 Å². The zero-order chi connectivity index (χ0) is 11.7. The lowest BCUT2D eigenvalue weighted by Crippen LogP contribution is -2.47. The Hall–Kier alpha value is 0.0700. The summed E-state index contributed by atoms with van der Waals surface area (Å²) in [6.45, 7) is 4.38. The topological polar surface area (TPSA) is 28.4 Å². The molecule has 0 radical (unpaired) electrons. The Bertz CT molecular complexity index is 376. The highest BCUT2D eigenvalue weighted by Gasteiger charge is 2.35. The second kappa shape index (κ2) is 7.75. The van der Waals surface area contributed by atoms with Gasteiger partial charge < -0.3 is 9.73 Å². The maximum atomic E-state index is 5.91. The summed E-state index contributed by atoms with van der Waals surface area (Å²) in [7, 11) is 0. The predicted molar refractivity (Wildman–Crippen MR) is 82.7 cm³/mol. The number of hydrogen-bond donors (Lipinski definition) is 1. The van der Waals surface area contributed by atoms with Gasteiger partial charge in [0.25, 0.3) is 0 Å². The molecule has 1 saturated heterocycles. The summed E-state index contributed by atoms with van der Waals surface area (Å²) in [6.07, 6.45) is 4.02. The van der Waals surface area contributed by atoms with Crippen molar-refractivity contribution in [1.82, 2.24) is 10.2 Å². The van der Waals surface area contributed by atoms with Gasteiger partial charge in [0, 0.05) is 26.2 Å². The molecule has 2 aliphatic rings. The third-order valence-electron chi connectivity index (χ3n) is 4.03. The molecule has 19 heavy (non-hydrogen) atoms. The van der Waals surface area contributed by atoms with Gasteiger partial charge in [-0.05, 0) is 42.5 Å². The Labute approximate surface area is 131 Å². The van der Waals surface area contributed by atoms with Crippen LogP contribution in [-0.2, 0) is 0 Å². The average Bonchev–Trinajstić information content (AvgIpc) is 2.71. The lowest BCUT2D eigenvalue weighted by atomic mass is 9.78. The minimum Gasteiger partial charge on any atom is -0.448 e. The van der Waals surface area contributed by atoms with Crippen LogP contribution < -0.4 is 5.32 Å². The fourth-order valence-electron chi connectivity index (χ4n) is 2.91. The van der Waals surface area contributed by atoms with E-state index in [-0.39, 0.29) is 24.8 Å². The van der Waals surface area contributed by atoms with E-state index in [4.69, 9.17) is 16.0 Å². The van der Waals surface area contributed by atoms with Crippen molar-refractivity contribution < 1.29 is 4.42 Å². The zero-order valence-corrected chi connectivity index (χ0v) is 13.2.